The fraction of sp³-hybridized carbons (Fsp3) is 0.357. The first-order valence-corrected chi connectivity index (χ1v) is 6.35. The second kappa shape index (κ2) is 5.65. The summed E-state index contributed by atoms with van der Waals surface area (Å²) in [4.78, 5) is 23.5. The topological polar surface area (TPSA) is 70.7 Å². The third kappa shape index (κ3) is 2.81. The normalized spacial score (nSPS) is 12.2. The van der Waals surface area contributed by atoms with Crippen LogP contribution in [0.15, 0.2) is 24.7 Å². The zero-order valence-corrected chi connectivity index (χ0v) is 11.4. The fourth-order valence-corrected chi connectivity index (χ4v) is 2.04. The maximum Gasteiger partial charge on any atom is 0.272 e. The zero-order valence-electron chi connectivity index (χ0n) is 11.4. The van der Waals surface area contributed by atoms with Gasteiger partial charge >= 0.3 is 0 Å². The van der Waals surface area contributed by atoms with Gasteiger partial charge in [-0.2, -0.15) is 0 Å². The summed E-state index contributed by atoms with van der Waals surface area (Å²) in [5.74, 6) is -0.171. The number of amides is 1. The van der Waals surface area contributed by atoms with Crippen LogP contribution in [0.25, 0.3) is 0 Å². The minimum atomic E-state index is -0.171. The molecule has 1 amide bonds. The number of carbonyl (C=O) groups excluding carboxylic acids is 1. The van der Waals surface area contributed by atoms with Crippen molar-refractivity contribution in [2.75, 3.05) is 0 Å². The van der Waals surface area contributed by atoms with Crippen molar-refractivity contribution in [3.63, 3.8) is 0 Å². The number of hydrogen-bond acceptors (Lipinski definition) is 3. The Balaban J connectivity index is 2.19. The molecule has 19 heavy (non-hydrogen) atoms. The van der Waals surface area contributed by atoms with E-state index in [1.54, 1.807) is 6.20 Å². The Bertz CT molecular complexity index is 576. The molecule has 0 bridgehead atoms. The van der Waals surface area contributed by atoms with Crippen molar-refractivity contribution in [2.24, 2.45) is 0 Å². The van der Waals surface area contributed by atoms with E-state index in [9.17, 15) is 4.79 Å². The second-order valence-electron chi connectivity index (χ2n) is 4.52. The maximum absolute atomic E-state index is 12.2. The lowest BCUT2D eigenvalue weighted by Gasteiger charge is -2.17. The van der Waals surface area contributed by atoms with E-state index in [4.69, 9.17) is 0 Å². The van der Waals surface area contributed by atoms with Gasteiger partial charge < -0.3 is 10.3 Å². The molecular weight excluding hydrogens is 240 g/mol. The zero-order chi connectivity index (χ0) is 13.8. The van der Waals surface area contributed by atoms with Gasteiger partial charge in [0.1, 0.15) is 5.69 Å². The Labute approximate surface area is 112 Å². The van der Waals surface area contributed by atoms with Gasteiger partial charge in [-0.25, -0.2) is 4.98 Å². The second-order valence-corrected chi connectivity index (χ2v) is 4.52. The van der Waals surface area contributed by atoms with Gasteiger partial charge in [0.25, 0.3) is 5.91 Å². The SMILES string of the molecule is CC[C@@H](NC(=O)c1nc[nH]c1C)c1ncccc1C. The molecule has 0 saturated heterocycles. The van der Waals surface area contributed by atoms with Crippen LogP contribution in [0.1, 0.15) is 46.8 Å². The number of aromatic nitrogens is 3. The number of nitrogens with zero attached hydrogens (tertiary/aromatic N) is 2. The highest BCUT2D eigenvalue weighted by Gasteiger charge is 2.19. The first kappa shape index (κ1) is 13.3. The number of aromatic amines is 1. The molecule has 0 aliphatic heterocycles. The largest absolute Gasteiger partial charge is 0.348 e. The van der Waals surface area contributed by atoms with Gasteiger partial charge in [0.2, 0.25) is 0 Å². The van der Waals surface area contributed by atoms with Gasteiger partial charge in [-0.3, -0.25) is 9.78 Å². The first-order chi connectivity index (χ1) is 9.13. The van der Waals surface area contributed by atoms with Gasteiger partial charge in [0, 0.05) is 11.9 Å². The molecule has 100 valence electrons. The number of aryl methyl sites for hydroxylation is 2. The Morgan fingerprint density at radius 3 is 2.79 bits per heavy atom. The van der Waals surface area contributed by atoms with Crippen LogP contribution >= 0.6 is 0 Å². The summed E-state index contributed by atoms with van der Waals surface area (Å²) < 4.78 is 0. The van der Waals surface area contributed by atoms with E-state index in [1.807, 2.05) is 32.9 Å². The Hall–Kier alpha value is -2.17. The van der Waals surface area contributed by atoms with Crippen LogP contribution in [0, 0.1) is 13.8 Å². The molecule has 0 unspecified atom stereocenters. The fourth-order valence-electron chi connectivity index (χ4n) is 2.04. The molecule has 2 heterocycles. The van der Waals surface area contributed by atoms with Crippen molar-refractivity contribution >= 4 is 5.91 Å². The summed E-state index contributed by atoms with van der Waals surface area (Å²) in [6.07, 6.45) is 4.06. The molecule has 0 aliphatic rings. The number of hydrogen-bond donors (Lipinski definition) is 2. The minimum absolute atomic E-state index is 0.0928. The molecule has 2 aromatic heterocycles. The van der Waals surface area contributed by atoms with Gasteiger partial charge in [0.15, 0.2) is 0 Å². The third-order valence-corrected chi connectivity index (χ3v) is 3.14. The smallest absolute Gasteiger partial charge is 0.272 e. The molecule has 0 saturated carbocycles. The van der Waals surface area contributed by atoms with E-state index < -0.39 is 0 Å². The van der Waals surface area contributed by atoms with Crippen molar-refractivity contribution in [1.82, 2.24) is 20.3 Å². The first-order valence-electron chi connectivity index (χ1n) is 6.35. The van der Waals surface area contributed by atoms with E-state index in [1.165, 1.54) is 6.33 Å². The predicted octanol–water partition coefficient (Wildman–Crippen LogP) is 2.30. The van der Waals surface area contributed by atoms with Crippen LogP contribution < -0.4 is 5.32 Å². The number of nitrogens with one attached hydrogen (secondary N) is 2. The molecule has 2 N–H and O–H groups in total. The van der Waals surface area contributed by atoms with Crippen molar-refractivity contribution in [3.05, 3.63) is 47.3 Å². The standard InChI is InChI=1S/C14H18N4O/c1-4-11(12-9(2)6-5-7-15-12)18-14(19)13-10(3)16-8-17-13/h5-8,11H,4H2,1-3H3,(H,16,17)(H,18,19)/t11-/m1/s1. The third-order valence-electron chi connectivity index (χ3n) is 3.14. The molecular formula is C14H18N4O. The van der Waals surface area contributed by atoms with Gasteiger partial charge in [-0.1, -0.05) is 13.0 Å². The number of carbonyl (C=O) groups is 1. The van der Waals surface area contributed by atoms with Crippen LogP contribution in [0.2, 0.25) is 0 Å². The van der Waals surface area contributed by atoms with Crippen molar-refractivity contribution in [3.8, 4) is 0 Å². The van der Waals surface area contributed by atoms with Crippen LogP contribution in [0.3, 0.4) is 0 Å². The van der Waals surface area contributed by atoms with Gasteiger partial charge in [-0.15, -0.1) is 0 Å². The summed E-state index contributed by atoms with van der Waals surface area (Å²) in [6, 6.07) is 3.80. The van der Waals surface area contributed by atoms with Crippen LogP contribution in [-0.4, -0.2) is 20.9 Å². The molecule has 2 rings (SSSR count). The summed E-state index contributed by atoms with van der Waals surface area (Å²) >= 11 is 0. The highest BCUT2D eigenvalue weighted by molar-refractivity contribution is 5.93. The van der Waals surface area contributed by atoms with Crippen LogP contribution in [0.5, 0.6) is 0 Å². The average Bonchev–Trinajstić information content (AvgIpc) is 2.83. The number of pyridine rings is 1. The van der Waals surface area contributed by atoms with E-state index in [0.717, 1.165) is 23.4 Å². The predicted molar refractivity (Wildman–Crippen MR) is 72.8 cm³/mol. The summed E-state index contributed by atoms with van der Waals surface area (Å²) in [7, 11) is 0. The highest BCUT2D eigenvalue weighted by Crippen LogP contribution is 2.18. The lowest BCUT2D eigenvalue weighted by atomic mass is 10.1. The highest BCUT2D eigenvalue weighted by atomic mass is 16.2. The lowest BCUT2D eigenvalue weighted by molar-refractivity contribution is 0.0929. The summed E-state index contributed by atoms with van der Waals surface area (Å²) in [5.41, 5.74) is 3.19. The molecule has 0 spiro atoms. The summed E-state index contributed by atoms with van der Waals surface area (Å²) in [6.45, 7) is 5.85. The Kier molecular flexibility index (Phi) is 3.94. The summed E-state index contributed by atoms with van der Waals surface area (Å²) in [5, 5.41) is 2.98. The number of imidazole rings is 1. The quantitative estimate of drug-likeness (QED) is 0.884. The Morgan fingerprint density at radius 1 is 1.42 bits per heavy atom. The lowest BCUT2D eigenvalue weighted by Crippen LogP contribution is -2.30. The van der Waals surface area contributed by atoms with Crippen molar-refractivity contribution in [2.45, 2.75) is 33.2 Å². The van der Waals surface area contributed by atoms with E-state index in [0.29, 0.717) is 5.69 Å². The Morgan fingerprint density at radius 2 is 2.21 bits per heavy atom. The molecule has 0 aromatic carbocycles. The number of rotatable bonds is 4. The average molecular weight is 258 g/mol. The van der Waals surface area contributed by atoms with Crippen LogP contribution in [-0.2, 0) is 0 Å². The molecule has 0 aliphatic carbocycles. The van der Waals surface area contributed by atoms with E-state index >= 15 is 0 Å². The molecule has 1 atom stereocenters. The van der Waals surface area contributed by atoms with Crippen LogP contribution in [0.4, 0.5) is 0 Å². The molecule has 5 nitrogen and oxygen atoms in total. The van der Waals surface area contributed by atoms with E-state index in [-0.39, 0.29) is 11.9 Å². The van der Waals surface area contributed by atoms with E-state index in [2.05, 4.69) is 20.3 Å². The minimum Gasteiger partial charge on any atom is -0.348 e. The van der Waals surface area contributed by atoms with Gasteiger partial charge in [0.05, 0.1) is 18.1 Å². The van der Waals surface area contributed by atoms with Crippen molar-refractivity contribution < 1.29 is 4.79 Å². The molecule has 5 heteroatoms. The molecule has 2 aromatic rings. The van der Waals surface area contributed by atoms with Gasteiger partial charge in [-0.05, 0) is 31.9 Å². The number of H-pyrrole nitrogens is 1. The van der Waals surface area contributed by atoms with Crippen molar-refractivity contribution in [1.29, 1.82) is 0 Å². The monoisotopic (exact) mass is 258 g/mol. The molecule has 0 radical (unpaired) electrons. The maximum atomic E-state index is 12.2. The molecule has 0 fully saturated rings.